The summed E-state index contributed by atoms with van der Waals surface area (Å²) < 4.78 is 11.9. The Morgan fingerprint density at radius 2 is 1.68 bits per heavy atom. The fourth-order valence-corrected chi connectivity index (χ4v) is 8.34. The van der Waals surface area contributed by atoms with Crippen LogP contribution in [0.5, 0.6) is 11.8 Å². The minimum atomic E-state index is -0.375. The maximum atomic E-state index is 11.0. The molecule has 1 unspecified atom stereocenters. The maximum absolute atomic E-state index is 11.0. The number of rotatable bonds is 9. The summed E-state index contributed by atoms with van der Waals surface area (Å²) in [7, 11) is 2.16. The highest BCUT2D eigenvalue weighted by atomic mass is 16.5. The molecule has 4 aromatic rings. The second-order valence-corrected chi connectivity index (χ2v) is 13.9. The summed E-state index contributed by atoms with van der Waals surface area (Å²) in [6, 6.07) is 19.6. The number of likely N-dealkylation sites (tertiary alicyclic amines) is 2. The number of ether oxygens (including phenoxy) is 2. The summed E-state index contributed by atoms with van der Waals surface area (Å²) in [6.07, 6.45) is 4.13. The molecule has 0 saturated carbocycles. The van der Waals surface area contributed by atoms with E-state index in [0.717, 1.165) is 104 Å². The summed E-state index contributed by atoms with van der Waals surface area (Å²) in [4.78, 5) is 19.8. The van der Waals surface area contributed by atoms with E-state index in [9.17, 15) is 10.2 Å². The van der Waals surface area contributed by atoms with Gasteiger partial charge in [-0.15, -0.1) is 0 Å². The molecule has 3 aromatic carbocycles. The standard InChI is InChI=1S/C37H46N6O4/c1-40-12-4-6-29(40)24-47-37-38-35-18-26(34-19-30(44)17-25-5-2-3-7-32(25)34)8-11-33(35)36(39-37)43-27-9-10-28(43)21-42(20-27)23-31(45)22-41-13-15-46-16-14-41/h2-3,5,7-8,11,17-19,27-29,31,44-45H,4,6,9-10,12-16,20-24H2,1H3/t27-,28+,29-,31?/m0/s1. The first-order valence-corrected chi connectivity index (χ1v) is 17.3. The molecule has 0 radical (unpaired) electrons. The molecule has 47 heavy (non-hydrogen) atoms. The molecular formula is C37H46N6O4. The van der Waals surface area contributed by atoms with Crippen molar-refractivity contribution in [2.24, 2.45) is 0 Å². The number of likely N-dealkylation sites (N-methyl/N-ethyl adjacent to an activating group) is 1. The van der Waals surface area contributed by atoms with Gasteiger partial charge in [-0.2, -0.15) is 9.97 Å². The van der Waals surface area contributed by atoms with Crippen molar-refractivity contribution in [2.75, 3.05) is 77.6 Å². The highest BCUT2D eigenvalue weighted by Gasteiger charge is 2.42. The van der Waals surface area contributed by atoms with E-state index in [4.69, 9.17) is 19.4 Å². The first kappa shape index (κ1) is 30.8. The quantitative estimate of drug-likeness (QED) is 0.280. The van der Waals surface area contributed by atoms with Gasteiger partial charge in [0, 0.05) is 62.8 Å². The molecule has 2 bridgehead atoms. The van der Waals surface area contributed by atoms with E-state index in [-0.39, 0.29) is 11.9 Å². The molecule has 4 aliphatic heterocycles. The van der Waals surface area contributed by atoms with Crippen LogP contribution in [0.3, 0.4) is 0 Å². The largest absolute Gasteiger partial charge is 0.508 e. The van der Waals surface area contributed by atoms with Crippen molar-refractivity contribution in [1.82, 2.24) is 24.7 Å². The topological polar surface area (TPSA) is 97.7 Å². The number of fused-ring (bicyclic) bond motifs is 4. The molecule has 8 rings (SSSR count). The Kier molecular flexibility index (Phi) is 8.62. The Labute approximate surface area is 276 Å². The van der Waals surface area contributed by atoms with Crippen molar-refractivity contribution in [3.05, 3.63) is 54.6 Å². The Bertz CT molecular complexity index is 1720. The third-order valence-corrected chi connectivity index (χ3v) is 10.7. The van der Waals surface area contributed by atoms with Crippen LogP contribution in [-0.4, -0.2) is 132 Å². The Balaban J connectivity index is 1.10. The number of benzene rings is 3. The van der Waals surface area contributed by atoms with E-state index in [1.54, 1.807) is 0 Å². The van der Waals surface area contributed by atoms with Crippen LogP contribution in [-0.2, 0) is 4.74 Å². The van der Waals surface area contributed by atoms with Gasteiger partial charge in [-0.25, -0.2) is 0 Å². The average molecular weight is 639 g/mol. The lowest BCUT2D eigenvalue weighted by atomic mass is 9.97. The Morgan fingerprint density at radius 3 is 2.47 bits per heavy atom. The molecule has 0 aliphatic carbocycles. The van der Waals surface area contributed by atoms with E-state index in [0.29, 0.717) is 43.8 Å². The van der Waals surface area contributed by atoms with E-state index in [2.05, 4.69) is 50.9 Å². The molecule has 1 aromatic heterocycles. The van der Waals surface area contributed by atoms with Crippen LogP contribution in [0.4, 0.5) is 5.82 Å². The molecule has 10 nitrogen and oxygen atoms in total. The maximum Gasteiger partial charge on any atom is 0.319 e. The van der Waals surface area contributed by atoms with Crippen LogP contribution in [0.25, 0.3) is 32.8 Å². The minimum Gasteiger partial charge on any atom is -0.508 e. The van der Waals surface area contributed by atoms with Gasteiger partial charge in [-0.05, 0) is 85.4 Å². The Hall–Kier alpha value is -3.54. The average Bonchev–Trinajstić information content (AvgIpc) is 3.61. The summed E-state index contributed by atoms with van der Waals surface area (Å²) in [5.74, 6) is 1.19. The van der Waals surface area contributed by atoms with Gasteiger partial charge in [0.2, 0.25) is 0 Å². The van der Waals surface area contributed by atoms with Gasteiger partial charge in [0.25, 0.3) is 0 Å². The monoisotopic (exact) mass is 638 g/mol. The number of hydrogen-bond acceptors (Lipinski definition) is 10. The van der Waals surface area contributed by atoms with Gasteiger partial charge in [0.1, 0.15) is 18.2 Å². The van der Waals surface area contributed by atoms with Crippen LogP contribution in [0.1, 0.15) is 25.7 Å². The third kappa shape index (κ3) is 6.37. The molecule has 4 aliphatic rings. The summed E-state index contributed by atoms with van der Waals surface area (Å²) in [5.41, 5.74) is 2.82. The zero-order valence-corrected chi connectivity index (χ0v) is 27.3. The number of aromatic hydroxyl groups is 1. The lowest BCUT2D eigenvalue weighted by molar-refractivity contribution is 0.00534. The molecule has 5 heterocycles. The number of nitrogens with zero attached hydrogens (tertiary/aromatic N) is 6. The predicted molar refractivity (Wildman–Crippen MR) is 184 cm³/mol. The van der Waals surface area contributed by atoms with Crippen molar-refractivity contribution >= 4 is 27.5 Å². The van der Waals surface area contributed by atoms with Crippen molar-refractivity contribution < 1.29 is 19.7 Å². The molecule has 4 fully saturated rings. The number of morpholine rings is 1. The highest BCUT2D eigenvalue weighted by molar-refractivity contribution is 6.01. The zero-order valence-electron chi connectivity index (χ0n) is 27.3. The first-order valence-electron chi connectivity index (χ1n) is 17.3. The molecule has 4 saturated heterocycles. The summed E-state index contributed by atoms with van der Waals surface area (Å²) >= 11 is 0. The number of anilines is 1. The van der Waals surface area contributed by atoms with Crippen LogP contribution < -0.4 is 9.64 Å². The smallest absolute Gasteiger partial charge is 0.319 e. The van der Waals surface area contributed by atoms with E-state index >= 15 is 0 Å². The van der Waals surface area contributed by atoms with Crippen LogP contribution >= 0.6 is 0 Å². The fourth-order valence-electron chi connectivity index (χ4n) is 8.34. The van der Waals surface area contributed by atoms with Crippen molar-refractivity contribution in [3.8, 4) is 22.9 Å². The lowest BCUT2D eigenvalue weighted by Gasteiger charge is -2.43. The van der Waals surface area contributed by atoms with Gasteiger partial charge < -0.3 is 29.5 Å². The number of aromatic nitrogens is 2. The molecule has 248 valence electrons. The second-order valence-electron chi connectivity index (χ2n) is 13.9. The second kappa shape index (κ2) is 13.2. The molecule has 0 spiro atoms. The minimum absolute atomic E-state index is 0.247. The van der Waals surface area contributed by atoms with Crippen molar-refractivity contribution in [2.45, 2.75) is 49.9 Å². The number of aliphatic hydroxyl groups is 1. The van der Waals surface area contributed by atoms with Gasteiger partial charge in [0.15, 0.2) is 0 Å². The van der Waals surface area contributed by atoms with Gasteiger partial charge in [0.05, 0.1) is 24.8 Å². The number of phenols is 1. The highest BCUT2D eigenvalue weighted by Crippen LogP contribution is 2.40. The van der Waals surface area contributed by atoms with Crippen molar-refractivity contribution in [1.29, 1.82) is 0 Å². The lowest BCUT2D eigenvalue weighted by Crippen LogP contribution is -2.56. The molecule has 2 N–H and O–H groups in total. The van der Waals surface area contributed by atoms with Gasteiger partial charge in [-0.1, -0.05) is 30.3 Å². The van der Waals surface area contributed by atoms with Gasteiger partial charge >= 0.3 is 6.01 Å². The summed E-state index contributed by atoms with van der Waals surface area (Å²) in [6.45, 7) is 8.12. The number of phenolic OH excluding ortho intramolecular Hbond substituents is 1. The normalized spacial score (nSPS) is 24.8. The van der Waals surface area contributed by atoms with E-state index < -0.39 is 0 Å². The molecule has 4 atom stereocenters. The third-order valence-electron chi connectivity index (χ3n) is 10.7. The Morgan fingerprint density at radius 1 is 0.894 bits per heavy atom. The van der Waals surface area contributed by atoms with Crippen molar-refractivity contribution in [3.63, 3.8) is 0 Å². The number of piperazine rings is 1. The zero-order chi connectivity index (χ0) is 31.9. The van der Waals surface area contributed by atoms with Crippen LogP contribution in [0, 0.1) is 0 Å². The van der Waals surface area contributed by atoms with E-state index in [1.807, 2.05) is 30.3 Å². The number of β-amino-alcohol motifs (C(OH)–C–C–N with tert-alkyl or cyclic N) is 1. The van der Waals surface area contributed by atoms with Crippen LogP contribution in [0.2, 0.25) is 0 Å². The SMILES string of the molecule is CN1CCC[C@H]1COc1nc(N2[C@@H]3CC[C@H]2CN(CC(O)CN2CCOCC2)C3)c2ccc(-c3cc(O)cc4ccccc34)cc2n1. The number of hydrogen-bond donors (Lipinski definition) is 2. The fraction of sp³-hybridized carbons (Fsp3) is 0.514. The predicted octanol–water partition coefficient (Wildman–Crippen LogP) is 3.97. The van der Waals surface area contributed by atoms with E-state index in [1.165, 1.54) is 6.42 Å². The van der Waals surface area contributed by atoms with Gasteiger partial charge in [-0.3, -0.25) is 9.80 Å². The molecular weight excluding hydrogens is 592 g/mol. The summed E-state index contributed by atoms with van der Waals surface area (Å²) in [5, 5.41) is 24.7. The molecule has 0 amide bonds. The number of aliphatic hydroxyl groups excluding tert-OH is 1. The molecule has 10 heteroatoms. The first-order chi connectivity index (χ1) is 23.0. The van der Waals surface area contributed by atoms with Crippen LogP contribution in [0.15, 0.2) is 54.6 Å².